The number of anilines is 3. The summed E-state index contributed by atoms with van der Waals surface area (Å²) in [7, 11) is 0. The number of oxazole rings is 1. The molecular formula is C45H30N2O. The molecule has 0 saturated carbocycles. The summed E-state index contributed by atoms with van der Waals surface area (Å²) in [6.45, 7) is 0. The zero-order valence-electron chi connectivity index (χ0n) is 26.1. The quantitative estimate of drug-likeness (QED) is 0.187. The Morgan fingerprint density at radius 1 is 0.396 bits per heavy atom. The van der Waals surface area contributed by atoms with Gasteiger partial charge in [-0.25, -0.2) is 4.98 Å². The van der Waals surface area contributed by atoms with E-state index in [1.807, 2.05) is 36.4 Å². The van der Waals surface area contributed by atoms with Gasteiger partial charge >= 0.3 is 0 Å². The van der Waals surface area contributed by atoms with Crippen molar-refractivity contribution < 1.29 is 4.42 Å². The van der Waals surface area contributed by atoms with Crippen LogP contribution in [0, 0.1) is 0 Å². The first-order valence-corrected chi connectivity index (χ1v) is 16.2. The highest BCUT2D eigenvalue weighted by atomic mass is 16.3. The number of benzene rings is 8. The van der Waals surface area contributed by atoms with Gasteiger partial charge in [0.25, 0.3) is 0 Å². The maximum Gasteiger partial charge on any atom is 0.227 e. The molecule has 9 rings (SSSR count). The number of hydrogen-bond acceptors (Lipinski definition) is 3. The van der Waals surface area contributed by atoms with Crippen LogP contribution >= 0.6 is 0 Å². The summed E-state index contributed by atoms with van der Waals surface area (Å²) in [6.07, 6.45) is 0. The van der Waals surface area contributed by atoms with E-state index in [0.717, 1.165) is 50.1 Å². The lowest BCUT2D eigenvalue weighted by Crippen LogP contribution is -2.10. The minimum atomic E-state index is 0.624. The highest BCUT2D eigenvalue weighted by Gasteiger charge is 2.18. The Morgan fingerprint density at radius 3 is 1.79 bits per heavy atom. The Labute approximate surface area is 279 Å². The predicted octanol–water partition coefficient (Wildman–Crippen LogP) is 12.6. The number of hydrogen-bond donors (Lipinski definition) is 0. The lowest BCUT2D eigenvalue weighted by Gasteiger charge is -2.27. The average molecular weight is 615 g/mol. The molecule has 0 N–H and O–H groups in total. The lowest BCUT2D eigenvalue weighted by molar-refractivity contribution is 0.623. The van der Waals surface area contributed by atoms with Gasteiger partial charge < -0.3 is 9.32 Å². The highest BCUT2D eigenvalue weighted by Crippen LogP contribution is 2.41. The van der Waals surface area contributed by atoms with Gasteiger partial charge in [-0.05, 0) is 93.0 Å². The molecule has 3 nitrogen and oxygen atoms in total. The largest absolute Gasteiger partial charge is 0.435 e. The van der Waals surface area contributed by atoms with Crippen LogP contribution in [0.2, 0.25) is 0 Å². The van der Waals surface area contributed by atoms with Gasteiger partial charge in [0.05, 0.1) is 0 Å². The summed E-state index contributed by atoms with van der Waals surface area (Å²) in [5.74, 6) is 0.624. The van der Waals surface area contributed by atoms with E-state index in [1.165, 1.54) is 27.5 Å². The molecule has 1 heterocycles. The van der Waals surface area contributed by atoms with Crippen LogP contribution in [0.25, 0.3) is 66.4 Å². The molecule has 0 aliphatic rings. The molecule has 0 aliphatic heterocycles. The van der Waals surface area contributed by atoms with Crippen LogP contribution in [0.4, 0.5) is 17.1 Å². The maximum atomic E-state index is 6.48. The van der Waals surface area contributed by atoms with Gasteiger partial charge in [-0.3, -0.25) is 0 Å². The van der Waals surface area contributed by atoms with Crippen molar-refractivity contribution in [3.8, 4) is 33.7 Å². The SMILES string of the molecule is c1ccc(-c2cccc(N(c3cccc(-c4cccc5ccccc45)c3)c3ccc4ccc5nc(-c6ccccc6)oc5c4c3)c2)cc1. The minimum Gasteiger partial charge on any atom is -0.435 e. The molecule has 226 valence electrons. The van der Waals surface area contributed by atoms with Crippen LogP contribution < -0.4 is 4.90 Å². The third-order valence-corrected chi connectivity index (χ3v) is 9.05. The minimum absolute atomic E-state index is 0.624. The van der Waals surface area contributed by atoms with Crippen molar-refractivity contribution in [1.82, 2.24) is 4.98 Å². The van der Waals surface area contributed by atoms with Crippen LogP contribution in [0.1, 0.15) is 0 Å². The van der Waals surface area contributed by atoms with E-state index in [2.05, 4.69) is 150 Å². The van der Waals surface area contributed by atoms with Gasteiger partial charge in [0.2, 0.25) is 5.89 Å². The zero-order valence-corrected chi connectivity index (χ0v) is 26.1. The first-order valence-electron chi connectivity index (χ1n) is 16.2. The topological polar surface area (TPSA) is 29.3 Å². The summed E-state index contributed by atoms with van der Waals surface area (Å²) < 4.78 is 6.48. The average Bonchev–Trinajstić information content (AvgIpc) is 3.61. The molecule has 0 bridgehead atoms. The molecule has 0 spiro atoms. The van der Waals surface area contributed by atoms with Crippen LogP contribution in [-0.2, 0) is 0 Å². The van der Waals surface area contributed by atoms with Gasteiger partial charge in [-0.15, -0.1) is 0 Å². The summed E-state index contributed by atoms with van der Waals surface area (Å²) in [6, 6.07) is 64.1. The lowest BCUT2D eigenvalue weighted by atomic mass is 9.97. The van der Waals surface area contributed by atoms with Gasteiger partial charge in [0.1, 0.15) is 5.52 Å². The fourth-order valence-electron chi connectivity index (χ4n) is 6.73. The summed E-state index contributed by atoms with van der Waals surface area (Å²) in [4.78, 5) is 7.20. The van der Waals surface area contributed by atoms with E-state index >= 15 is 0 Å². The molecule has 0 saturated heterocycles. The smallest absolute Gasteiger partial charge is 0.227 e. The Balaban J connectivity index is 1.24. The second-order valence-electron chi connectivity index (χ2n) is 12.0. The van der Waals surface area contributed by atoms with Gasteiger partial charge in [0, 0.05) is 28.0 Å². The van der Waals surface area contributed by atoms with Crippen molar-refractivity contribution in [1.29, 1.82) is 0 Å². The molecule has 0 radical (unpaired) electrons. The summed E-state index contributed by atoms with van der Waals surface area (Å²) >= 11 is 0. The third-order valence-electron chi connectivity index (χ3n) is 9.05. The van der Waals surface area contributed by atoms with Crippen LogP contribution in [0.5, 0.6) is 0 Å². The molecule has 0 fully saturated rings. The summed E-state index contributed by atoms with van der Waals surface area (Å²) in [5.41, 5.74) is 10.5. The maximum absolute atomic E-state index is 6.48. The standard InChI is InChI=1S/C45H30N2O/c1-3-12-31(13-4-1)35-18-9-20-37(28-35)47(38-21-10-19-36(29-38)41-23-11-17-32-14-7-8-22-40(32)41)39-26-24-33-25-27-43-44(42(33)30-39)48-45(46-43)34-15-5-2-6-16-34/h1-30H. The molecule has 0 amide bonds. The Morgan fingerprint density at radius 2 is 0.979 bits per heavy atom. The molecule has 8 aromatic carbocycles. The van der Waals surface area contributed by atoms with E-state index in [-0.39, 0.29) is 0 Å². The first-order chi connectivity index (χ1) is 23.8. The predicted molar refractivity (Wildman–Crippen MR) is 200 cm³/mol. The molecule has 1 aromatic heterocycles. The zero-order chi connectivity index (χ0) is 31.9. The van der Waals surface area contributed by atoms with Crippen molar-refractivity contribution >= 4 is 49.7 Å². The fourth-order valence-corrected chi connectivity index (χ4v) is 6.73. The van der Waals surface area contributed by atoms with Crippen molar-refractivity contribution in [3.63, 3.8) is 0 Å². The van der Waals surface area contributed by atoms with Crippen LogP contribution in [-0.4, -0.2) is 4.98 Å². The molecule has 0 unspecified atom stereocenters. The molecule has 0 atom stereocenters. The van der Waals surface area contributed by atoms with Crippen molar-refractivity contribution in [2.75, 3.05) is 4.90 Å². The van der Waals surface area contributed by atoms with Crippen LogP contribution in [0.3, 0.4) is 0 Å². The van der Waals surface area contributed by atoms with Crippen molar-refractivity contribution in [3.05, 3.63) is 182 Å². The number of nitrogens with zero attached hydrogens (tertiary/aromatic N) is 2. The van der Waals surface area contributed by atoms with E-state index < -0.39 is 0 Å². The molecule has 48 heavy (non-hydrogen) atoms. The third kappa shape index (κ3) is 4.99. The normalized spacial score (nSPS) is 11.3. The Kier molecular flexibility index (Phi) is 6.80. The van der Waals surface area contributed by atoms with E-state index in [1.54, 1.807) is 0 Å². The van der Waals surface area contributed by atoms with Gasteiger partial charge in [-0.2, -0.15) is 0 Å². The molecule has 0 aliphatic carbocycles. The second-order valence-corrected chi connectivity index (χ2v) is 12.0. The Hall–Kier alpha value is -6.45. The molecular weight excluding hydrogens is 585 g/mol. The molecule has 3 heteroatoms. The fraction of sp³-hybridized carbons (Fsp3) is 0. The van der Waals surface area contributed by atoms with E-state index in [9.17, 15) is 0 Å². The summed E-state index contributed by atoms with van der Waals surface area (Å²) in [5, 5.41) is 4.59. The second kappa shape index (κ2) is 11.7. The van der Waals surface area contributed by atoms with Crippen molar-refractivity contribution in [2.24, 2.45) is 0 Å². The van der Waals surface area contributed by atoms with Gasteiger partial charge in [-0.1, -0.05) is 127 Å². The monoisotopic (exact) mass is 614 g/mol. The van der Waals surface area contributed by atoms with E-state index in [0.29, 0.717) is 5.89 Å². The highest BCUT2D eigenvalue weighted by molar-refractivity contribution is 6.05. The Bertz CT molecular complexity index is 2560. The molecule has 9 aromatic rings. The van der Waals surface area contributed by atoms with Gasteiger partial charge in [0.15, 0.2) is 5.58 Å². The van der Waals surface area contributed by atoms with Crippen molar-refractivity contribution in [2.45, 2.75) is 0 Å². The first kappa shape index (κ1) is 27.8. The number of aromatic nitrogens is 1. The number of fused-ring (bicyclic) bond motifs is 4. The van der Waals surface area contributed by atoms with Crippen LogP contribution in [0.15, 0.2) is 186 Å². The van der Waals surface area contributed by atoms with E-state index in [4.69, 9.17) is 9.40 Å². The number of rotatable bonds is 6.